The highest BCUT2D eigenvalue weighted by Gasteiger charge is 2.10. The number of carbonyl (C=O) groups excluding carboxylic acids is 1. The van der Waals surface area contributed by atoms with Gasteiger partial charge in [-0.1, -0.05) is 28.9 Å². The highest BCUT2D eigenvalue weighted by Crippen LogP contribution is 2.26. The summed E-state index contributed by atoms with van der Waals surface area (Å²) < 4.78 is 6.62. The van der Waals surface area contributed by atoms with Crippen molar-refractivity contribution < 1.29 is 9.21 Å². The zero-order valence-electron chi connectivity index (χ0n) is 9.79. The predicted molar refractivity (Wildman–Crippen MR) is 71.2 cm³/mol. The molecule has 0 aliphatic carbocycles. The minimum atomic E-state index is 0.0325. The fourth-order valence-electron chi connectivity index (χ4n) is 1.62. The van der Waals surface area contributed by atoms with Gasteiger partial charge in [0.05, 0.1) is 0 Å². The third-order valence-electron chi connectivity index (χ3n) is 2.64. The van der Waals surface area contributed by atoms with Crippen LogP contribution in [0.25, 0.3) is 11.3 Å². The lowest BCUT2D eigenvalue weighted by Gasteiger charge is -2.01. The Balaban J connectivity index is 2.37. The van der Waals surface area contributed by atoms with E-state index in [1.54, 1.807) is 6.07 Å². The van der Waals surface area contributed by atoms with Crippen molar-refractivity contribution in [3.05, 3.63) is 46.1 Å². The average molecular weight is 293 g/mol. The Kier molecular flexibility index (Phi) is 3.48. The fraction of sp³-hybridized carbons (Fsp3) is 0.214. The molecule has 0 amide bonds. The maximum absolute atomic E-state index is 11.5. The van der Waals surface area contributed by atoms with Gasteiger partial charge >= 0.3 is 0 Å². The molecule has 1 aromatic heterocycles. The topological polar surface area (TPSA) is 30.2 Å². The third-order valence-corrected chi connectivity index (χ3v) is 3.53. The van der Waals surface area contributed by atoms with Crippen LogP contribution >= 0.6 is 15.9 Å². The van der Waals surface area contributed by atoms with Gasteiger partial charge in [-0.3, -0.25) is 4.79 Å². The summed E-state index contributed by atoms with van der Waals surface area (Å²) in [4.78, 5) is 11.5. The molecule has 2 aromatic rings. The summed E-state index contributed by atoms with van der Waals surface area (Å²) in [5, 5.41) is 0. The lowest BCUT2D eigenvalue weighted by Crippen LogP contribution is -1.92. The number of benzene rings is 1. The first-order valence-electron chi connectivity index (χ1n) is 5.51. The van der Waals surface area contributed by atoms with Crippen LogP contribution in [0.1, 0.15) is 29.5 Å². The first-order valence-corrected chi connectivity index (χ1v) is 6.30. The van der Waals surface area contributed by atoms with E-state index >= 15 is 0 Å². The summed E-state index contributed by atoms with van der Waals surface area (Å²) in [6.45, 7) is 3.85. The molecule has 0 unspecified atom stereocenters. The standard InChI is InChI=1S/C14H13BrO2/c1-3-12(16)14-7-6-13(17-14)10-4-5-11(15)9(2)8-10/h4-8H,3H2,1-2H3. The van der Waals surface area contributed by atoms with Crippen molar-refractivity contribution in [1.29, 1.82) is 0 Å². The van der Waals surface area contributed by atoms with Crippen molar-refractivity contribution in [3.8, 4) is 11.3 Å². The first-order chi connectivity index (χ1) is 8.11. The van der Waals surface area contributed by atoms with Crippen LogP contribution in [-0.2, 0) is 0 Å². The number of ketones is 1. The second-order valence-corrected chi connectivity index (χ2v) is 4.76. The molecule has 0 radical (unpaired) electrons. The van der Waals surface area contributed by atoms with Gasteiger partial charge < -0.3 is 4.42 Å². The number of hydrogen-bond acceptors (Lipinski definition) is 2. The summed E-state index contributed by atoms with van der Waals surface area (Å²) in [7, 11) is 0. The van der Waals surface area contributed by atoms with Crippen LogP contribution in [0.5, 0.6) is 0 Å². The minimum Gasteiger partial charge on any atom is -0.453 e. The van der Waals surface area contributed by atoms with E-state index in [1.807, 2.05) is 38.1 Å². The molecule has 0 saturated carbocycles. The first kappa shape index (κ1) is 12.1. The van der Waals surface area contributed by atoms with Gasteiger partial charge in [0, 0.05) is 16.5 Å². The lowest BCUT2D eigenvalue weighted by molar-refractivity contribution is 0.0962. The van der Waals surface area contributed by atoms with E-state index in [2.05, 4.69) is 15.9 Å². The van der Waals surface area contributed by atoms with Crippen LogP contribution in [0.4, 0.5) is 0 Å². The van der Waals surface area contributed by atoms with Crippen LogP contribution in [0.15, 0.2) is 39.2 Å². The van der Waals surface area contributed by atoms with Crippen molar-refractivity contribution in [2.45, 2.75) is 20.3 Å². The number of aryl methyl sites for hydroxylation is 1. The molecule has 0 bridgehead atoms. The smallest absolute Gasteiger partial charge is 0.197 e. The zero-order chi connectivity index (χ0) is 12.4. The Bertz CT molecular complexity index is 555. The van der Waals surface area contributed by atoms with Crippen LogP contribution in [-0.4, -0.2) is 5.78 Å². The highest BCUT2D eigenvalue weighted by atomic mass is 79.9. The molecule has 0 spiro atoms. The quantitative estimate of drug-likeness (QED) is 0.773. The number of furan rings is 1. The summed E-state index contributed by atoms with van der Waals surface area (Å²) in [5.74, 6) is 1.20. The monoisotopic (exact) mass is 292 g/mol. The molecule has 0 aliphatic rings. The SMILES string of the molecule is CCC(=O)c1ccc(-c2ccc(Br)c(C)c2)o1. The van der Waals surface area contributed by atoms with E-state index in [9.17, 15) is 4.79 Å². The zero-order valence-corrected chi connectivity index (χ0v) is 11.4. The average Bonchev–Trinajstić information content (AvgIpc) is 2.81. The van der Waals surface area contributed by atoms with Crippen molar-refractivity contribution in [2.24, 2.45) is 0 Å². The molecule has 17 heavy (non-hydrogen) atoms. The molecule has 3 heteroatoms. The highest BCUT2D eigenvalue weighted by molar-refractivity contribution is 9.10. The molecule has 2 rings (SSSR count). The maximum atomic E-state index is 11.5. The van der Waals surface area contributed by atoms with Gasteiger partial charge in [-0.25, -0.2) is 0 Å². The Morgan fingerprint density at radius 1 is 1.29 bits per heavy atom. The van der Waals surface area contributed by atoms with Crippen LogP contribution in [0.3, 0.4) is 0 Å². The summed E-state index contributed by atoms with van der Waals surface area (Å²) in [6.07, 6.45) is 0.465. The Morgan fingerprint density at radius 3 is 2.71 bits per heavy atom. The lowest BCUT2D eigenvalue weighted by atomic mass is 10.1. The van der Waals surface area contributed by atoms with Gasteiger partial charge in [0.15, 0.2) is 11.5 Å². The maximum Gasteiger partial charge on any atom is 0.197 e. The number of halogens is 1. The molecule has 88 valence electrons. The number of Topliss-reactive ketones (excluding diaryl/α,β-unsaturated/α-hetero) is 1. The van der Waals surface area contributed by atoms with Gasteiger partial charge in [-0.05, 0) is 36.8 Å². The molecule has 0 fully saturated rings. The second-order valence-electron chi connectivity index (χ2n) is 3.90. The minimum absolute atomic E-state index is 0.0325. The molecule has 0 N–H and O–H groups in total. The van der Waals surface area contributed by atoms with Crippen molar-refractivity contribution in [2.75, 3.05) is 0 Å². The molecule has 0 aliphatic heterocycles. The van der Waals surface area contributed by atoms with Gasteiger partial charge in [0.2, 0.25) is 0 Å². The number of hydrogen-bond donors (Lipinski definition) is 0. The van der Waals surface area contributed by atoms with E-state index in [-0.39, 0.29) is 5.78 Å². The molecule has 2 nitrogen and oxygen atoms in total. The molecular weight excluding hydrogens is 280 g/mol. The Labute approximate surface area is 109 Å². The van der Waals surface area contributed by atoms with Gasteiger partial charge in [0.1, 0.15) is 5.76 Å². The molecular formula is C14H13BrO2. The van der Waals surface area contributed by atoms with E-state index in [4.69, 9.17) is 4.42 Å². The van der Waals surface area contributed by atoms with Crippen LogP contribution < -0.4 is 0 Å². The predicted octanol–water partition coefficient (Wildman–Crippen LogP) is 4.61. The number of rotatable bonds is 3. The van der Waals surface area contributed by atoms with E-state index < -0.39 is 0 Å². The molecule has 1 aromatic carbocycles. The summed E-state index contributed by atoms with van der Waals surface area (Å²) in [6, 6.07) is 9.55. The van der Waals surface area contributed by atoms with Crippen LogP contribution in [0.2, 0.25) is 0 Å². The normalized spacial score (nSPS) is 10.5. The van der Waals surface area contributed by atoms with Crippen LogP contribution in [0, 0.1) is 6.92 Å². The Morgan fingerprint density at radius 2 is 2.06 bits per heavy atom. The van der Waals surface area contributed by atoms with Crippen molar-refractivity contribution in [3.63, 3.8) is 0 Å². The van der Waals surface area contributed by atoms with E-state index in [0.29, 0.717) is 12.2 Å². The second kappa shape index (κ2) is 4.88. The largest absolute Gasteiger partial charge is 0.453 e. The van der Waals surface area contributed by atoms with Gasteiger partial charge in [-0.2, -0.15) is 0 Å². The number of carbonyl (C=O) groups is 1. The van der Waals surface area contributed by atoms with Gasteiger partial charge in [0.25, 0.3) is 0 Å². The third kappa shape index (κ3) is 2.50. The van der Waals surface area contributed by atoms with Gasteiger partial charge in [-0.15, -0.1) is 0 Å². The Hall–Kier alpha value is -1.35. The summed E-state index contributed by atoms with van der Waals surface area (Å²) >= 11 is 3.46. The van der Waals surface area contributed by atoms with E-state index in [0.717, 1.165) is 21.4 Å². The van der Waals surface area contributed by atoms with Crippen molar-refractivity contribution in [1.82, 2.24) is 0 Å². The molecule has 0 atom stereocenters. The summed E-state index contributed by atoms with van der Waals surface area (Å²) in [5.41, 5.74) is 2.13. The van der Waals surface area contributed by atoms with E-state index in [1.165, 1.54) is 0 Å². The van der Waals surface area contributed by atoms with Crippen molar-refractivity contribution >= 4 is 21.7 Å². The molecule has 1 heterocycles. The fourth-order valence-corrected chi connectivity index (χ4v) is 1.86. The molecule has 0 saturated heterocycles.